The smallest absolute Gasteiger partial charge is 0.0467 e. The Morgan fingerprint density at radius 3 is 0.967 bits per heavy atom. The second-order valence-corrected chi connectivity index (χ2v) is 15.3. The fourth-order valence-electron chi connectivity index (χ4n) is 8.43. The summed E-state index contributed by atoms with van der Waals surface area (Å²) in [6, 6.07) is 94.1. The summed E-state index contributed by atoms with van der Waals surface area (Å²) in [5.41, 5.74) is 19.9. The first kappa shape index (κ1) is 37.3. The van der Waals surface area contributed by atoms with Crippen molar-refractivity contribution in [1.29, 1.82) is 0 Å². The first-order valence-electron chi connectivity index (χ1n) is 20.9. The van der Waals surface area contributed by atoms with Crippen LogP contribution in [0.25, 0.3) is 77.9 Å². The van der Waals surface area contributed by atoms with Crippen LogP contribution in [-0.2, 0) is 0 Å². The Bertz CT molecular complexity index is 2950. The van der Waals surface area contributed by atoms with Crippen molar-refractivity contribution in [1.82, 2.24) is 0 Å². The minimum atomic E-state index is 1.08. The molecule has 0 aromatic heterocycles. The molecular formula is C60H43N. The molecule has 1 heteroatoms. The summed E-state index contributed by atoms with van der Waals surface area (Å²) in [5, 5.41) is 0. The second kappa shape index (κ2) is 17.1. The number of nitrogens with zero attached hydrogens (tertiary/aromatic N) is 1. The zero-order chi connectivity index (χ0) is 40.8. The molecule has 1 nitrogen and oxygen atoms in total. The van der Waals surface area contributed by atoms with Crippen LogP contribution in [0.15, 0.2) is 261 Å². The quantitative estimate of drug-likeness (QED) is 0.134. The van der Waals surface area contributed by atoms with Gasteiger partial charge in [0.2, 0.25) is 0 Å². The summed E-state index contributed by atoms with van der Waals surface area (Å²) >= 11 is 0. The minimum Gasteiger partial charge on any atom is -0.310 e. The lowest BCUT2D eigenvalue weighted by Gasteiger charge is -2.27. The summed E-state index contributed by atoms with van der Waals surface area (Å²) < 4.78 is 0. The number of hydrogen-bond acceptors (Lipinski definition) is 1. The highest BCUT2D eigenvalue weighted by atomic mass is 15.1. The number of hydrogen-bond donors (Lipinski definition) is 0. The van der Waals surface area contributed by atoms with E-state index >= 15 is 0 Å². The second-order valence-electron chi connectivity index (χ2n) is 15.3. The summed E-state index contributed by atoms with van der Waals surface area (Å²) in [6.07, 6.45) is 0. The van der Waals surface area contributed by atoms with E-state index < -0.39 is 0 Å². The third kappa shape index (κ3) is 7.93. The van der Waals surface area contributed by atoms with Crippen LogP contribution in [0, 0.1) is 0 Å². The van der Waals surface area contributed by atoms with Gasteiger partial charge < -0.3 is 4.90 Å². The summed E-state index contributed by atoms with van der Waals surface area (Å²) in [6.45, 7) is 0. The molecule has 0 aliphatic rings. The van der Waals surface area contributed by atoms with Gasteiger partial charge in [-0.25, -0.2) is 0 Å². The molecule has 0 heterocycles. The zero-order valence-corrected chi connectivity index (χ0v) is 33.8. The average molecular weight is 778 g/mol. The molecule has 0 amide bonds. The third-order valence-electron chi connectivity index (χ3n) is 11.5. The molecule has 0 unspecified atom stereocenters. The van der Waals surface area contributed by atoms with Crippen LogP contribution in [0.3, 0.4) is 0 Å². The summed E-state index contributed by atoms with van der Waals surface area (Å²) in [5.74, 6) is 0. The maximum Gasteiger partial charge on any atom is 0.0467 e. The largest absolute Gasteiger partial charge is 0.310 e. The molecule has 0 aliphatic heterocycles. The number of rotatable bonds is 10. The van der Waals surface area contributed by atoms with E-state index in [1.54, 1.807) is 0 Å². The van der Waals surface area contributed by atoms with Crippen molar-refractivity contribution in [2.75, 3.05) is 4.90 Å². The van der Waals surface area contributed by atoms with Gasteiger partial charge in [0.25, 0.3) is 0 Å². The van der Waals surface area contributed by atoms with Crippen LogP contribution in [0.1, 0.15) is 0 Å². The lowest BCUT2D eigenvalue weighted by atomic mass is 9.84. The Hall–Kier alpha value is -8.00. The highest BCUT2D eigenvalue weighted by Crippen LogP contribution is 2.45. The van der Waals surface area contributed by atoms with E-state index in [4.69, 9.17) is 0 Å². The Morgan fingerprint density at radius 1 is 0.180 bits per heavy atom. The van der Waals surface area contributed by atoms with Gasteiger partial charge >= 0.3 is 0 Å². The van der Waals surface area contributed by atoms with Crippen LogP contribution < -0.4 is 4.90 Å². The molecule has 0 saturated heterocycles. The van der Waals surface area contributed by atoms with Crippen molar-refractivity contribution < 1.29 is 0 Å². The fourth-order valence-corrected chi connectivity index (χ4v) is 8.43. The van der Waals surface area contributed by atoms with E-state index in [0.29, 0.717) is 0 Å². The maximum absolute atomic E-state index is 2.38. The van der Waals surface area contributed by atoms with Crippen molar-refractivity contribution >= 4 is 17.1 Å². The predicted octanol–water partition coefficient (Wildman–Crippen LogP) is 16.8. The topological polar surface area (TPSA) is 3.24 Å². The molecule has 0 N–H and O–H groups in total. The van der Waals surface area contributed by atoms with Gasteiger partial charge in [0, 0.05) is 17.1 Å². The highest BCUT2D eigenvalue weighted by molar-refractivity contribution is 5.98. The maximum atomic E-state index is 2.38. The number of anilines is 3. The molecule has 10 aromatic rings. The standard InChI is InChI=1S/C60H43N/c1-6-18-44(19-7-1)47-32-36-55(37-33-47)61(56-38-34-48(35-39-56)52-29-16-28-51(40-52)45-20-8-2-9-21-45)57-31-17-30-53(41-57)60-58(49-24-12-4-13-25-49)42-54(46-22-10-3-11-23-46)43-59(60)50-26-14-5-15-27-50/h1-43H. The molecular weight excluding hydrogens is 735 g/mol. The van der Waals surface area contributed by atoms with E-state index in [2.05, 4.69) is 266 Å². The van der Waals surface area contributed by atoms with Gasteiger partial charge in [-0.1, -0.05) is 206 Å². The fraction of sp³-hybridized carbons (Fsp3) is 0. The molecule has 0 spiro atoms. The van der Waals surface area contributed by atoms with E-state index in [1.807, 2.05) is 0 Å². The van der Waals surface area contributed by atoms with Gasteiger partial charge in [-0.3, -0.25) is 0 Å². The third-order valence-corrected chi connectivity index (χ3v) is 11.5. The summed E-state index contributed by atoms with van der Waals surface area (Å²) in [4.78, 5) is 2.38. The van der Waals surface area contributed by atoms with Gasteiger partial charge in [-0.15, -0.1) is 0 Å². The van der Waals surface area contributed by atoms with Crippen molar-refractivity contribution in [3.63, 3.8) is 0 Å². The molecule has 0 bridgehead atoms. The van der Waals surface area contributed by atoms with Gasteiger partial charge in [0.1, 0.15) is 0 Å². The normalized spacial score (nSPS) is 11.0. The SMILES string of the molecule is c1ccc(-c2ccc(N(c3ccc(-c4cccc(-c5ccccc5)c4)cc3)c3cccc(-c4c(-c5ccccc5)cc(-c5ccccc5)cc4-c4ccccc4)c3)cc2)cc1. The van der Waals surface area contributed by atoms with Gasteiger partial charge in [-0.2, -0.15) is 0 Å². The van der Waals surface area contributed by atoms with Crippen LogP contribution in [-0.4, -0.2) is 0 Å². The molecule has 0 atom stereocenters. The van der Waals surface area contributed by atoms with Crippen molar-refractivity contribution in [2.45, 2.75) is 0 Å². The van der Waals surface area contributed by atoms with Crippen LogP contribution in [0.5, 0.6) is 0 Å². The lowest BCUT2D eigenvalue weighted by molar-refractivity contribution is 1.28. The van der Waals surface area contributed by atoms with E-state index in [9.17, 15) is 0 Å². The van der Waals surface area contributed by atoms with Crippen LogP contribution in [0.4, 0.5) is 17.1 Å². The molecule has 0 aliphatic carbocycles. The van der Waals surface area contributed by atoms with Crippen molar-refractivity contribution in [3.8, 4) is 77.9 Å². The van der Waals surface area contributed by atoms with Gasteiger partial charge in [0.05, 0.1) is 0 Å². The van der Waals surface area contributed by atoms with E-state index in [-0.39, 0.29) is 0 Å². The van der Waals surface area contributed by atoms with E-state index in [1.165, 1.54) is 72.3 Å². The molecule has 288 valence electrons. The zero-order valence-electron chi connectivity index (χ0n) is 33.8. The van der Waals surface area contributed by atoms with E-state index in [0.717, 1.165) is 22.6 Å². The van der Waals surface area contributed by atoms with Crippen LogP contribution >= 0.6 is 0 Å². The van der Waals surface area contributed by atoms with Gasteiger partial charge in [0.15, 0.2) is 0 Å². The minimum absolute atomic E-state index is 1.08. The summed E-state index contributed by atoms with van der Waals surface area (Å²) in [7, 11) is 0. The van der Waals surface area contributed by atoms with Crippen molar-refractivity contribution in [2.24, 2.45) is 0 Å². The predicted molar refractivity (Wildman–Crippen MR) is 259 cm³/mol. The van der Waals surface area contributed by atoms with Crippen molar-refractivity contribution in [3.05, 3.63) is 261 Å². The molecule has 0 fully saturated rings. The Morgan fingerprint density at radius 2 is 0.508 bits per heavy atom. The molecule has 61 heavy (non-hydrogen) atoms. The number of benzene rings is 10. The molecule has 10 rings (SSSR count). The Balaban J connectivity index is 1.13. The molecule has 0 saturated carbocycles. The lowest BCUT2D eigenvalue weighted by Crippen LogP contribution is -2.10. The first-order chi connectivity index (χ1) is 30.2. The first-order valence-corrected chi connectivity index (χ1v) is 20.9. The Kier molecular flexibility index (Phi) is 10.4. The highest BCUT2D eigenvalue weighted by Gasteiger charge is 2.20. The van der Waals surface area contributed by atoms with Gasteiger partial charge in [-0.05, 0) is 132 Å². The molecule has 0 radical (unpaired) electrons. The monoisotopic (exact) mass is 777 g/mol. The Labute approximate surface area is 359 Å². The molecule has 10 aromatic carbocycles. The van der Waals surface area contributed by atoms with Crippen LogP contribution in [0.2, 0.25) is 0 Å². The average Bonchev–Trinajstić information content (AvgIpc) is 3.35.